The summed E-state index contributed by atoms with van der Waals surface area (Å²) in [4.78, 5) is 37.4. The molecule has 0 radical (unpaired) electrons. The average Bonchev–Trinajstić information content (AvgIpc) is 3.13. The normalized spacial score (nSPS) is 22.3. The van der Waals surface area contributed by atoms with E-state index in [1.54, 1.807) is 42.5 Å². The average molecular weight is 580 g/mol. The molecule has 3 aromatic rings. The number of rotatable bonds is 8. The van der Waals surface area contributed by atoms with E-state index in [1.807, 2.05) is 30.3 Å². The molecule has 1 N–H and O–H groups in total. The molecular weight excluding hydrogens is 546 g/mol. The summed E-state index contributed by atoms with van der Waals surface area (Å²) in [5.41, 5.74) is 3.09. The number of para-hydroxylation sites is 1. The number of ether oxygens (including phenoxy) is 2. The molecule has 0 spiro atoms. The van der Waals surface area contributed by atoms with Gasteiger partial charge in [-0.25, -0.2) is 18.7 Å². The summed E-state index contributed by atoms with van der Waals surface area (Å²) in [5, 5.41) is 0. The summed E-state index contributed by atoms with van der Waals surface area (Å²) in [6.45, 7) is 0.649. The molecule has 3 heterocycles. The van der Waals surface area contributed by atoms with Gasteiger partial charge in [0, 0.05) is 32.3 Å². The summed E-state index contributed by atoms with van der Waals surface area (Å²) in [5.74, 6) is -0.0898. The maximum Gasteiger partial charge on any atom is 0.272 e. The zero-order valence-corrected chi connectivity index (χ0v) is 23.4. The second-order valence-electron chi connectivity index (χ2n) is 10.1. The van der Waals surface area contributed by atoms with Crippen molar-refractivity contribution in [1.82, 2.24) is 15.4 Å². The van der Waals surface area contributed by atoms with Crippen molar-refractivity contribution in [3.05, 3.63) is 90.3 Å². The number of aromatic nitrogens is 1. The van der Waals surface area contributed by atoms with Crippen molar-refractivity contribution in [3.63, 3.8) is 0 Å². The van der Waals surface area contributed by atoms with E-state index in [0.29, 0.717) is 30.1 Å². The zero-order chi connectivity index (χ0) is 28.7. The minimum Gasteiger partial charge on any atom is -0.457 e. The van der Waals surface area contributed by atoms with Crippen LogP contribution in [-0.2, 0) is 29.0 Å². The van der Waals surface area contributed by atoms with Gasteiger partial charge in [0.2, 0.25) is 5.91 Å². The van der Waals surface area contributed by atoms with Crippen molar-refractivity contribution in [3.8, 4) is 11.5 Å². The van der Waals surface area contributed by atoms with Crippen LogP contribution in [-0.4, -0.2) is 61.9 Å². The lowest BCUT2D eigenvalue weighted by Gasteiger charge is -2.32. The Morgan fingerprint density at radius 2 is 1.73 bits per heavy atom. The molecule has 0 aliphatic carbocycles. The summed E-state index contributed by atoms with van der Waals surface area (Å²) < 4.78 is 37.8. The fourth-order valence-electron chi connectivity index (χ4n) is 5.17. The Hall–Kier alpha value is -3.80. The van der Waals surface area contributed by atoms with Crippen LogP contribution in [0.4, 0.5) is 0 Å². The maximum absolute atomic E-state index is 14.0. The first-order valence-corrected chi connectivity index (χ1v) is 15.3. The number of nitrogens with one attached hydrogen (secondary N) is 1. The topological polar surface area (TPSA) is 124 Å². The van der Waals surface area contributed by atoms with Gasteiger partial charge in [-0.05, 0) is 61.2 Å². The van der Waals surface area contributed by atoms with Gasteiger partial charge in [0.25, 0.3) is 5.91 Å². The fourth-order valence-corrected chi connectivity index (χ4v) is 7.27. The van der Waals surface area contributed by atoms with Crippen molar-refractivity contribution in [1.29, 1.82) is 0 Å². The number of nitrogens with zero attached hydrogens (tertiary/aromatic N) is 2. The number of hydrogen-bond donors (Lipinski definition) is 1. The van der Waals surface area contributed by atoms with Crippen molar-refractivity contribution in [2.75, 3.05) is 25.4 Å². The SMILES string of the molecule is O=C(CC1(c2ccc(Oc3ccccc3)cc2)CCN(C(=O)c2ccccn2)CCS1(=O)=O)NOC1CCCCO1. The van der Waals surface area contributed by atoms with E-state index in [0.717, 1.165) is 12.8 Å². The Kier molecular flexibility index (Phi) is 8.96. The molecule has 2 unspecified atom stereocenters. The highest BCUT2D eigenvalue weighted by Crippen LogP contribution is 2.41. The predicted octanol–water partition coefficient (Wildman–Crippen LogP) is 3.99. The largest absolute Gasteiger partial charge is 0.457 e. The van der Waals surface area contributed by atoms with Gasteiger partial charge in [-0.1, -0.05) is 36.4 Å². The molecule has 216 valence electrons. The number of benzene rings is 2. The van der Waals surface area contributed by atoms with Crippen LogP contribution in [0.1, 0.15) is 48.2 Å². The highest BCUT2D eigenvalue weighted by atomic mass is 32.2. The molecule has 2 aliphatic rings. The molecule has 41 heavy (non-hydrogen) atoms. The molecule has 2 aliphatic heterocycles. The van der Waals surface area contributed by atoms with Gasteiger partial charge in [0.05, 0.1) is 12.2 Å². The minimum absolute atomic E-state index is 0.0112. The van der Waals surface area contributed by atoms with Gasteiger partial charge in [0.15, 0.2) is 16.1 Å². The van der Waals surface area contributed by atoms with Crippen LogP contribution < -0.4 is 10.2 Å². The van der Waals surface area contributed by atoms with E-state index in [4.69, 9.17) is 14.3 Å². The predicted molar refractivity (Wildman–Crippen MR) is 151 cm³/mol. The Labute approximate surface area is 239 Å². The lowest BCUT2D eigenvalue weighted by atomic mass is 9.90. The van der Waals surface area contributed by atoms with Crippen LogP contribution in [0.3, 0.4) is 0 Å². The van der Waals surface area contributed by atoms with Crippen LogP contribution in [0.5, 0.6) is 11.5 Å². The standard InChI is InChI=1S/C30H33N3O7S/c34-27(32-40-28-11-5-7-20-38-28)22-30(23-12-14-25(15-13-23)39-24-8-2-1-3-9-24)16-18-33(19-21-41(30,36)37)29(35)26-10-4-6-17-31-26/h1-4,6,8-10,12-15,17,28H,5,7,11,16,18-22H2,(H,32,34). The molecule has 0 bridgehead atoms. The molecule has 0 saturated carbocycles. The van der Waals surface area contributed by atoms with Crippen molar-refractivity contribution >= 4 is 21.7 Å². The summed E-state index contributed by atoms with van der Waals surface area (Å²) in [7, 11) is -3.94. The van der Waals surface area contributed by atoms with Gasteiger partial charge in [-0.2, -0.15) is 0 Å². The molecule has 2 fully saturated rings. The first-order valence-electron chi connectivity index (χ1n) is 13.7. The third kappa shape index (κ3) is 6.75. The Morgan fingerprint density at radius 3 is 2.44 bits per heavy atom. The van der Waals surface area contributed by atoms with Crippen LogP contribution in [0, 0.1) is 0 Å². The lowest BCUT2D eigenvalue weighted by Crippen LogP contribution is -2.43. The molecular formula is C30H33N3O7S. The van der Waals surface area contributed by atoms with Gasteiger partial charge in [0.1, 0.15) is 21.9 Å². The molecule has 1 aromatic heterocycles. The highest BCUT2D eigenvalue weighted by molar-refractivity contribution is 7.92. The number of carbonyl (C=O) groups is 2. The molecule has 2 aromatic carbocycles. The maximum atomic E-state index is 14.0. The smallest absolute Gasteiger partial charge is 0.272 e. The number of hydrogen-bond acceptors (Lipinski definition) is 8. The van der Waals surface area contributed by atoms with E-state index in [-0.39, 0.29) is 43.3 Å². The second-order valence-corrected chi connectivity index (χ2v) is 12.5. The van der Waals surface area contributed by atoms with E-state index < -0.39 is 26.8 Å². The lowest BCUT2D eigenvalue weighted by molar-refractivity contribution is -0.200. The zero-order valence-electron chi connectivity index (χ0n) is 22.6. The first-order chi connectivity index (χ1) is 19.9. The van der Waals surface area contributed by atoms with E-state index in [1.165, 1.54) is 11.1 Å². The van der Waals surface area contributed by atoms with Gasteiger partial charge < -0.3 is 14.4 Å². The molecule has 2 saturated heterocycles. The van der Waals surface area contributed by atoms with Crippen LogP contribution in [0.25, 0.3) is 0 Å². The Morgan fingerprint density at radius 1 is 0.976 bits per heavy atom. The van der Waals surface area contributed by atoms with E-state index >= 15 is 0 Å². The molecule has 2 atom stereocenters. The van der Waals surface area contributed by atoms with Crippen molar-refractivity contribution < 1.29 is 32.3 Å². The highest BCUT2D eigenvalue weighted by Gasteiger charge is 2.49. The number of amides is 2. The third-order valence-corrected chi connectivity index (χ3v) is 9.92. The molecule has 11 heteroatoms. The Balaban J connectivity index is 1.41. The monoisotopic (exact) mass is 579 g/mol. The summed E-state index contributed by atoms with van der Waals surface area (Å²) in [6.07, 6.45) is 3.05. The quantitative estimate of drug-likeness (QED) is 0.397. The second kappa shape index (κ2) is 12.8. The summed E-state index contributed by atoms with van der Waals surface area (Å²) >= 11 is 0. The van der Waals surface area contributed by atoms with E-state index in [2.05, 4.69) is 10.5 Å². The van der Waals surface area contributed by atoms with Crippen molar-refractivity contribution in [2.45, 2.75) is 43.1 Å². The number of sulfone groups is 1. The first kappa shape index (κ1) is 28.7. The number of hydroxylamine groups is 1. The van der Waals surface area contributed by atoms with Gasteiger partial charge in [-0.3, -0.25) is 14.6 Å². The summed E-state index contributed by atoms with van der Waals surface area (Å²) in [6, 6.07) is 21.0. The number of carbonyl (C=O) groups excluding carboxylic acids is 2. The molecule has 10 nitrogen and oxygen atoms in total. The van der Waals surface area contributed by atoms with Gasteiger partial charge in [-0.15, -0.1) is 0 Å². The Bertz CT molecular complexity index is 1430. The van der Waals surface area contributed by atoms with Crippen LogP contribution in [0.2, 0.25) is 0 Å². The third-order valence-electron chi connectivity index (χ3n) is 7.43. The van der Waals surface area contributed by atoms with Crippen molar-refractivity contribution in [2.24, 2.45) is 0 Å². The molecule has 2 amide bonds. The number of pyridine rings is 1. The van der Waals surface area contributed by atoms with Gasteiger partial charge >= 0.3 is 0 Å². The van der Waals surface area contributed by atoms with Crippen LogP contribution >= 0.6 is 0 Å². The minimum atomic E-state index is -3.94. The molecule has 5 rings (SSSR count). The van der Waals surface area contributed by atoms with E-state index in [9.17, 15) is 18.0 Å². The fraction of sp³-hybridized carbons (Fsp3) is 0.367. The van der Waals surface area contributed by atoms with Crippen LogP contribution in [0.15, 0.2) is 79.0 Å².